The number of halogens is 1. The van der Waals surface area contributed by atoms with Crippen LogP contribution in [0.5, 0.6) is 0 Å². The van der Waals surface area contributed by atoms with Gasteiger partial charge in [-0.1, -0.05) is 13.8 Å². The highest BCUT2D eigenvalue weighted by atomic mass is 19.1. The Labute approximate surface area is 117 Å². The number of nitrogen functional groups attached to an aromatic ring is 1. The molecule has 1 aromatic carbocycles. The smallest absolute Gasteiger partial charge is 0.337 e. The Bertz CT molecular complexity index is 490. The van der Waals surface area contributed by atoms with Crippen LogP contribution in [0, 0.1) is 11.2 Å². The molecule has 20 heavy (non-hydrogen) atoms. The number of nitrogens with one attached hydrogen (secondary N) is 1. The zero-order chi connectivity index (χ0) is 15.3. The van der Waals surface area contributed by atoms with E-state index in [4.69, 9.17) is 15.6 Å². The standard InChI is InChI=1S/C14H21FN2O3/c1-14(2,4-5-20-3)8-17-12-6-9(13(18)19)11(16)7-10(12)15/h6-7,17H,4-5,8,16H2,1-3H3,(H,18,19). The van der Waals surface area contributed by atoms with Gasteiger partial charge in [0.05, 0.1) is 11.3 Å². The van der Waals surface area contributed by atoms with E-state index in [0.29, 0.717) is 13.2 Å². The number of anilines is 2. The molecular weight excluding hydrogens is 263 g/mol. The van der Waals surface area contributed by atoms with Gasteiger partial charge in [-0.2, -0.15) is 0 Å². The van der Waals surface area contributed by atoms with Crippen LogP contribution in [-0.2, 0) is 4.74 Å². The number of hydrogen-bond donors (Lipinski definition) is 3. The molecule has 0 unspecified atom stereocenters. The van der Waals surface area contributed by atoms with Gasteiger partial charge in [0.25, 0.3) is 0 Å². The number of methoxy groups -OCH3 is 1. The van der Waals surface area contributed by atoms with E-state index in [9.17, 15) is 9.18 Å². The molecule has 4 N–H and O–H groups in total. The third-order valence-electron chi connectivity index (χ3n) is 3.11. The van der Waals surface area contributed by atoms with Gasteiger partial charge in [-0.15, -0.1) is 0 Å². The first-order valence-electron chi connectivity index (χ1n) is 6.32. The molecule has 0 heterocycles. The van der Waals surface area contributed by atoms with E-state index in [0.717, 1.165) is 12.5 Å². The van der Waals surface area contributed by atoms with Crippen LogP contribution in [0.3, 0.4) is 0 Å². The molecule has 0 fully saturated rings. The summed E-state index contributed by atoms with van der Waals surface area (Å²) < 4.78 is 18.8. The lowest BCUT2D eigenvalue weighted by Gasteiger charge is -2.25. The van der Waals surface area contributed by atoms with Crippen LogP contribution in [0.4, 0.5) is 15.8 Å². The number of aromatic carboxylic acids is 1. The lowest BCUT2D eigenvalue weighted by molar-refractivity contribution is 0.0698. The fourth-order valence-electron chi connectivity index (χ4n) is 1.71. The summed E-state index contributed by atoms with van der Waals surface area (Å²) in [5.41, 5.74) is 5.32. The average molecular weight is 284 g/mol. The van der Waals surface area contributed by atoms with Gasteiger partial charge in [0.2, 0.25) is 0 Å². The second-order valence-electron chi connectivity index (χ2n) is 5.49. The molecule has 0 aliphatic carbocycles. The van der Waals surface area contributed by atoms with Crippen molar-refractivity contribution in [2.24, 2.45) is 5.41 Å². The number of carbonyl (C=O) groups is 1. The van der Waals surface area contributed by atoms with E-state index in [-0.39, 0.29) is 22.4 Å². The van der Waals surface area contributed by atoms with Crippen LogP contribution in [0.2, 0.25) is 0 Å². The zero-order valence-corrected chi connectivity index (χ0v) is 12.0. The molecule has 112 valence electrons. The van der Waals surface area contributed by atoms with Crippen LogP contribution in [-0.4, -0.2) is 31.3 Å². The van der Waals surface area contributed by atoms with Gasteiger partial charge in [0.15, 0.2) is 0 Å². The van der Waals surface area contributed by atoms with Crippen molar-refractivity contribution in [1.82, 2.24) is 0 Å². The molecule has 0 spiro atoms. The van der Waals surface area contributed by atoms with Crippen molar-refractivity contribution in [2.75, 3.05) is 31.3 Å². The molecule has 0 bridgehead atoms. The molecule has 0 aliphatic rings. The predicted octanol–water partition coefficient (Wildman–Crippen LogP) is 2.58. The number of rotatable bonds is 7. The number of carboxylic acids is 1. The fraction of sp³-hybridized carbons (Fsp3) is 0.500. The van der Waals surface area contributed by atoms with E-state index in [1.54, 1.807) is 7.11 Å². The van der Waals surface area contributed by atoms with Gasteiger partial charge in [0, 0.05) is 25.9 Å². The van der Waals surface area contributed by atoms with Crippen molar-refractivity contribution >= 4 is 17.3 Å². The Morgan fingerprint density at radius 2 is 2.15 bits per heavy atom. The molecule has 0 atom stereocenters. The lowest BCUT2D eigenvalue weighted by Crippen LogP contribution is -2.25. The fourth-order valence-corrected chi connectivity index (χ4v) is 1.71. The highest BCUT2D eigenvalue weighted by Gasteiger charge is 2.19. The zero-order valence-electron chi connectivity index (χ0n) is 12.0. The second kappa shape index (κ2) is 6.56. The average Bonchev–Trinajstić information content (AvgIpc) is 2.35. The summed E-state index contributed by atoms with van der Waals surface area (Å²) in [5, 5.41) is 11.9. The number of carboxylic acid groups (broad SMARTS) is 1. The Morgan fingerprint density at radius 1 is 1.50 bits per heavy atom. The molecule has 0 saturated heterocycles. The molecule has 1 rings (SSSR count). The third kappa shape index (κ3) is 4.38. The molecule has 0 aromatic heterocycles. The van der Waals surface area contributed by atoms with Crippen molar-refractivity contribution < 1.29 is 19.0 Å². The number of hydrogen-bond acceptors (Lipinski definition) is 4. The van der Waals surface area contributed by atoms with Crippen LogP contribution in [0.1, 0.15) is 30.6 Å². The van der Waals surface area contributed by atoms with Crippen LogP contribution in [0.25, 0.3) is 0 Å². The van der Waals surface area contributed by atoms with Crippen molar-refractivity contribution in [3.63, 3.8) is 0 Å². The van der Waals surface area contributed by atoms with Crippen molar-refractivity contribution in [2.45, 2.75) is 20.3 Å². The first-order chi connectivity index (χ1) is 9.26. The summed E-state index contributed by atoms with van der Waals surface area (Å²) >= 11 is 0. The summed E-state index contributed by atoms with van der Waals surface area (Å²) in [7, 11) is 1.63. The van der Waals surface area contributed by atoms with Crippen LogP contribution >= 0.6 is 0 Å². The second-order valence-corrected chi connectivity index (χ2v) is 5.49. The topological polar surface area (TPSA) is 84.6 Å². The summed E-state index contributed by atoms with van der Waals surface area (Å²) in [6.07, 6.45) is 0.804. The minimum absolute atomic E-state index is 0.0841. The predicted molar refractivity (Wildman–Crippen MR) is 76.5 cm³/mol. The summed E-state index contributed by atoms with van der Waals surface area (Å²) in [5.74, 6) is -1.74. The molecule has 6 heteroatoms. The molecule has 0 radical (unpaired) electrons. The maximum Gasteiger partial charge on any atom is 0.337 e. The molecule has 5 nitrogen and oxygen atoms in total. The van der Waals surface area contributed by atoms with E-state index < -0.39 is 11.8 Å². The van der Waals surface area contributed by atoms with Gasteiger partial charge in [0.1, 0.15) is 5.82 Å². The Balaban J connectivity index is 2.82. The van der Waals surface area contributed by atoms with Crippen molar-refractivity contribution in [3.8, 4) is 0 Å². The SMILES string of the molecule is COCCC(C)(C)CNc1cc(C(=O)O)c(N)cc1F. The number of benzene rings is 1. The summed E-state index contributed by atoms with van der Waals surface area (Å²) in [6, 6.07) is 2.24. The maximum atomic E-state index is 13.8. The normalized spacial score (nSPS) is 11.4. The third-order valence-corrected chi connectivity index (χ3v) is 3.11. The van der Waals surface area contributed by atoms with Crippen LogP contribution in [0.15, 0.2) is 12.1 Å². The monoisotopic (exact) mass is 284 g/mol. The van der Waals surface area contributed by atoms with E-state index >= 15 is 0 Å². The maximum absolute atomic E-state index is 13.8. The molecule has 0 amide bonds. The highest BCUT2D eigenvalue weighted by molar-refractivity contribution is 5.94. The van der Waals surface area contributed by atoms with Gasteiger partial charge in [-0.3, -0.25) is 0 Å². The summed E-state index contributed by atoms with van der Waals surface area (Å²) in [6.45, 7) is 5.15. The van der Waals surface area contributed by atoms with Crippen molar-refractivity contribution in [3.05, 3.63) is 23.5 Å². The van der Waals surface area contributed by atoms with Gasteiger partial charge >= 0.3 is 5.97 Å². The Hall–Kier alpha value is -1.82. The number of nitrogens with two attached hydrogens (primary N) is 1. The van der Waals surface area contributed by atoms with Gasteiger partial charge < -0.3 is 20.9 Å². The minimum atomic E-state index is -1.18. The quantitative estimate of drug-likeness (QED) is 0.670. The molecular formula is C14H21FN2O3. The first-order valence-corrected chi connectivity index (χ1v) is 6.32. The Kier molecular flexibility index (Phi) is 5.33. The highest BCUT2D eigenvalue weighted by Crippen LogP contribution is 2.25. The van der Waals surface area contributed by atoms with Gasteiger partial charge in [-0.25, -0.2) is 9.18 Å². The molecule has 0 saturated carbocycles. The Morgan fingerprint density at radius 3 is 2.70 bits per heavy atom. The van der Waals surface area contributed by atoms with Gasteiger partial charge in [-0.05, 0) is 24.0 Å². The largest absolute Gasteiger partial charge is 0.478 e. The van der Waals surface area contributed by atoms with E-state index in [1.807, 2.05) is 13.8 Å². The van der Waals surface area contributed by atoms with E-state index in [2.05, 4.69) is 5.32 Å². The van der Waals surface area contributed by atoms with Crippen molar-refractivity contribution in [1.29, 1.82) is 0 Å². The van der Waals surface area contributed by atoms with E-state index in [1.165, 1.54) is 6.07 Å². The first kappa shape index (κ1) is 16.2. The molecule has 1 aromatic rings. The van der Waals surface area contributed by atoms with Crippen LogP contribution < -0.4 is 11.1 Å². The lowest BCUT2D eigenvalue weighted by atomic mass is 9.89. The number of ether oxygens (including phenoxy) is 1. The summed E-state index contributed by atoms with van der Waals surface area (Å²) in [4.78, 5) is 11.0. The molecule has 0 aliphatic heterocycles. The minimum Gasteiger partial charge on any atom is -0.478 e.